The summed E-state index contributed by atoms with van der Waals surface area (Å²) in [7, 11) is 1.59. The molecule has 0 radical (unpaired) electrons. The van der Waals surface area contributed by atoms with Crippen molar-refractivity contribution in [2.45, 2.75) is 18.4 Å². The number of phenolic OH excluding ortho intramolecular Hbond substituents is 1. The van der Waals surface area contributed by atoms with Crippen LogP contribution in [0.3, 0.4) is 0 Å². The molecule has 4 aliphatic rings. The highest BCUT2D eigenvalue weighted by atomic mass is 16.5. The van der Waals surface area contributed by atoms with Crippen LogP contribution in [-0.2, 0) is 4.74 Å². The maximum Gasteiger partial charge on any atom is 0.174 e. The average Bonchev–Trinajstić information content (AvgIpc) is 2.52. The van der Waals surface area contributed by atoms with Crippen LogP contribution in [0.25, 0.3) is 0 Å². The number of hydrogen-bond acceptors (Lipinski definition) is 4. The van der Waals surface area contributed by atoms with Crippen molar-refractivity contribution in [3.05, 3.63) is 41.5 Å². The predicted octanol–water partition coefficient (Wildman–Crippen LogP) is 2.37. The molecule has 1 N–H and O–H groups in total. The van der Waals surface area contributed by atoms with Crippen molar-refractivity contribution >= 4 is 11.6 Å². The molecule has 1 aromatic carbocycles. The number of hydrogen-bond donors (Lipinski definition) is 1. The quantitative estimate of drug-likeness (QED) is 0.804. The first-order valence-corrected chi connectivity index (χ1v) is 7.24. The van der Waals surface area contributed by atoms with E-state index in [1.54, 1.807) is 19.2 Å². The molecule has 2 bridgehead atoms. The van der Waals surface area contributed by atoms with Gasteiger partial charge in [0.05, 0.1) is 17.1 Å². The number of allylic oxidation sites excluding steroid dienone is 1. The smallest absolute Gasteiger partial charge is 0.174 e. The fourth-order valence-electron chi connectivity index (χ4n) is 4.34. The summed E-state index contributed by atoms with van der Waals surface area (Å²) in [6.07, 6.45) is 5.57. The number of aromatic hydroxyl groups is 1. The molecule has 0 aromatic heterocycles. The van der Waals surface area contributed by atoms with Gasteiger partial charge in [-0.2, -0.15) is 0 Å². The van der Waals surface area contributed by atoms with Crippen LogP contribution in [0.1, 0.15) is 33.6 Å². The van der Waals surface area contributed by atoms with E-state index in [-0.39, 0.29) is 34.7 Å². The summed E-state index contributed by atoms with van der Waals surface area (Å²) >= 11 is 0. The molecule has 1 aromatic rings. The van der Waals surface area contributed by atoms with Gasteiger partial charge in [0, 0.05) is 18.6 Å². The second-order valence-corrected chi connectivity index (χ2v) is 6.15. The molecule has 0 amide bonds. The zero-order valence-corrected chi connectivity index (χ0v) is 11.7. The molecule has 0 heterocycles. The van der Waals surface area contributed by atoms with E-state index in [0.717, 1.165) is 12.8 Å². The first-order valence-electron chi connectivity index (χ1n) is 7.24. The van der Waals surface area contributed by atoms with Crippen LogP contribution in [0.5, 0.6) is 5.75 Å². The maximum atomic E-state index is 12.9. The lowest BCUT2D eigenvalue weighted by atomic mass is 9.53. The van der Waals surface area contributed by atoms with E-state index in [9.17, 15) is 14.7 Å². The van der Waals surface area contributed by atoms with Gasteiger partial charge in [-0.25, -0.2) is 0 Å². The van der Waals surface area contributed by atoms with Crippen LogP contribution in [0.15, 0.2) is 30.4 Å². The van der Waals surface area contributed by atoms with Gasteiger partial charge in [0.25, 0.3) is 0 Å². The Bertz CT molecular complexity index is 690. The van der Waals surface area contributed by atoms with E-state index in [0.29, 0.717) is 5.56 Å². The van der Waals surface area contributed by atoms with Crippen LogP contribution in [0.4, 0.5) is 0 Å². The molecular formula is C17H16O4. The van der Waals surface area contributed by atoms with E-state index in [2.05, 4.69) is 0 Å². The Kier molecular flexibility index (Phi) is 2.46. The number of ether oxygens (including phenoxy) is 1. The van der Waals surface area contributed by atoms with Crippen molar-refractivity contribution in [1.29, 1.82) is 0 Å². The topological polar surface area (TPSA) is 63.6 Å². The van der Waals surface area contributed by atoms with Gasteiger partial charge in [0.15, 0.2) is 11.6 Å². The van der Waals surface area contributed by atoms with Crippen LogP contribution < -0.4 is 0 Å². The summed E-state index contributed by atoms with van der Waals surface area (Å²) in [4.78, 5) is 25.8. The third-order valence-electron chi connectivity index (χ3n) is 5.36. The SMILES string of the molecule is CO[C@@]12C=C[C@@H](CC1)[C@@H]1C(=O)c3cccc(O)c3C(=O)[C@H]12. The Balaban J connectivity index is 1.96. The normalized spacial score (nSPS) is 36.5. The summed E-state index contributed by atoms with van der Waals surface area (Å²) < 4.78 is 5.67. The van der Waals surface area contributed by atoms with Crippen LogP contribution in [0, 0.1) is 17.8 Å². The van der Waals surface area contributed by atoms with E-state index < -0.39 is 11.5 Å². The van der Waals surface area contributed by atoms with Crippen molar-refractivity contribution in [1.82, 2.24) is 0 Å². The van der Waals surface area contributed by atoms with Crippen LogP contribution in [-0.4, -0.2) is 29.4 Å². The highest BCUT2D eigenvalue weighted by molar-refractivity contribution is 6.18. The highest BCUT2D eigenvalue weighted by Gasteiger charge is 2.59. The molecule has 4 atom stereocenters. The fraction of sp³-hybridized carbons (Fsp3) is 0.412. The average molecular weight is 284 g/mol. The first-order chi connectivity index (χ1) is 10.1. The zero-order valence-electron chi connectivity index (χ0n) is 11.7. The number of fused-ring (bicyclic) bond motifs is 2. The molecule has 0 spiro atoms. The summed E-state index contributed by atoms with van der Waals surface area (Å²) in [5.74, 6) is -1.09. The molecule has 4 aliphatic carbocycles. The summed E-state index contributed by atoms with van der Waals surface area (Å²) in [5.41, 5.74) is -0.179. The Morgan fingerprint density at radius 3 is 2.76 bits per heavy atom. The summed E-state index contributed by atoms with van der Waals surface area (Å²) in [6.45, 7) is 0. The molecule has 1 fully saturated rings. The number of benzene rings is 1. The van der Waals surface area contributed by atoms with Gasteiger partial charge in [-0.1, -0.05) is 24.3 Å². The van der Waals surface area contributed by atoms with Crippen molar-refractivity contribution in [3.8, 4) is 5.75 Å². The van der Waals surface area contributed by atoms with Crippen molar-refractivity contribution in [3.63, 3.8) is 0 Å². The Hall–Kier alpha value is -1.94. The number of Topliss-reactive ketones (excluding diaryl/α,β-unsaturated/α-hetero) is 2. The van der Waals surface area contributed by atoms with Gasteiger partial charge in [0.2, 0.25) is 0 Å². The molecule has 21 heavy (non-hydrogen) atoms. The lowest BCUT2D eigenvalue weighted by molar-refractivity contribution is -0.0692. The molecule has 108 valence electrons. The minimum atomic E-state index is -0.702. The van der Waals surface area contributed by atoms with Crippen molar-refractivity contribution in [2.24, 2.45) is 17.8 Å². The molecule has 4 heteroatoms. The minimum Gasteiger partial charge on any atom is -0.507 e. The van der Waals surface area contributed by atoms with E-state index >= 15 is 0 Å². The summed E-state index contributed by atoms with van der Waals surface area (Å²) in [5, 5.41) is 10.0. The molecule has 0 saturated heterocycles. The lowest BCUT2D eigenvalue weighted by Gasteiger charge is -2.52. The number of rotatable bonds is 1. The van der Waals surface area contributed by atoms with Gasteiger partial charge in [-0.15, -0.1) is 0 Å². The zero-order chi connectivity index (χ0) is 14.8. The second-order valence-electron chi connectivity index (χ2n) is 6.15. The highest BCUT2D eigenvalue weighted by Crippen LogP contribution is 2.54. The third-order valence-corrected chi connectivity index (χ3v) is 5.36. The van der Waals surface area contributed by atoms with Crippen molar-refractivity contribution in [2.75, 3.05) is 7.11 Å². The van der Waals surface area contributed by atoms with Gasteiger partial charge >= 0.3 is 0 Å². The van der Waals surface area contributed by atoms with Gasteiger partial charge in [0.1, 0.15) is 5.75 Å². The Morgan fingerprint density at radius 1 is 1.29 bits per heavy atom. The third kappa shape index (κ3) is 1.43. The van der Waals surface area contributed by atoms with Crippen molar-refractivity contribution < 1.29 is 19.4 Å². The largest absolute Gasteiger partial charge is 0.507 e. The molecule has 0 aliphatic heterocycles. The molecule has 4 nitrogen and oxygen atoms in total. The van der Waals surface area contributed by atoms with E-state index in [1.807, 2.05) is 12.2 Å². The van der Waals surface area contributed by atoms with Gasteiger partial charge < -0.3 is 9.84 Å². The Labute approximate surface area is 122 Å². The lowest BCUT2D eigenvalue weighted by Crippen LogP contribution is -2.58. The number of ketones is 2. The standard InChI is InChI=1S/C17H16O4/c1-21-17-7-5-9(6-8-17)12-14(17)16(20)13-10(15(12)19)3-2-4-11(13)18/h2-5,7,9,12,14,18H,6,8H2,1H3/t9-,12-,14-,17-/m0/s1. The van der Waals surface area contributed by atoms with E-state index in [1.165, 1.54) is 6.07 Å². The maximum absolute atomic E-state index is 12.9. The first kappa shape index (κ1) is 12.8. The molecule has 5 rings (SSSR count). The number of carbonyl (C=O) groups excluding carboxylic acids is 2. The number of methoxy groups -OCH3 is 1. The Morgan fingerprint density at radius 2 is 2.10 bits per heavy atom. The van der Waals surface area contributed by atoms with E-state index in [4.69, 9.17) is 4.74 Å². The van der Waals surface area contributed by atoms with Crippen LogP contribution >= 0.6 is 0 Å². The summed E-state index contributed by atoms with van der Waals surface area (Å²) in [6, 6.07) is 4.71. The predicted molar refractivity (Wildman–Crippen MR) is 75.4 cm³/mol. The monoisotopic (exact) mass is 284 g/mol. The minimum absolute atomic E-state index is 0.0408. The van der Waals surface area contributed by atoms with Gasteiger partial charge in [-0.3, -0.25) is 9.59 Å². The molecule has 0 unspecified atom stereocenters. The second kappa shape index (κ2) is 4.04. The number of phenols is 1. The van der Waals surface area contributed by atoms with Gasteiger partial charge in [-0.05, 0) is 24.8 Å². The fourth-order valence-corrected chi connectivity index (χ4v) is 4.34. The molecular weight excluding hydrogens is 268 g/mol. The van der Waals surface area contributed by atoms with Crippen LogP contribution in [0.2, 0.25) is 0 Å². The number of carbonyl (C=O) groups is 2. The molecule has 1 saturated carbocycles.